The van der Waals surface area contributed by atoms with Crippen molar-refractivity contribution in [2.24, 2.45) is 46.1 Å². The van der Waals surface area contributed by atoms with Gasteiger partial charge in [0.05, 0.1) is 113 Å². The van der Waals surface area contributed by atoms with E-state index in [-0.39, 0.29) is 176 Å². The molecule has 0 unspecified atom stereocenters. The van der Waals surface area contributed by atoms with Gasteiger partial charge in [-0.25, -0.2) is 9.59 Å². The quantitative estimate of drug-likeness (QED) is 0.0110. The van der Waals surface area contributed by atoms with Crippen LogP contribution in [0.2, 0.25) is 0 Å². The van der Waals surface area contributed by atoms with Crippen molar-refractivity contribution in [2.45, 2.75) is 230 Å². The number of aryl methyl sites for hydroxylation is 2. The number of carbonyl (C=O) groups excluding carboxylic acids is 12. The second-order valence-corrected chi connectivity index (χ2v) is 37.6. The van der Waals surface area contributed by atoms with Crippen molar-refractivity contribution >= 4 is 93.7 Å². The molecule has 14 atom stereocenters. The van der Waals surface area contributed by atoms with Gasteiger partial charge in [-0.1, -0.05) is 133 Å². The molecular formula is C100H139N13O24. The predicted octanol–water partition coefficient (Wildman–Crippen LogP) is 4.48. The zero-order valence-corrected chi connectivity index (χ0v) is 79.5. The maximum absolute atomic E-state index is 14.9. The SMILES string of the molecule is CN/C1=C(\NN)c2ccccc2N(C(=O)CCC(=O)NCCOCCOCCOCCOCCC(=O)N[C@H](CCC(=O)NC[C@H](O)[C@@H](O)[C@H](O)[C@H](O)CO)C(=O)N[C@H](C(=O)C[C@@H](CCCNC(N)=O)C(=O)Nc2ccc(COC(=O)N[C@@H](CO)C(=O)Cc3ccc4c(c3)[C@@]3(C)CCC[C@](C)(C(=O)NC(=O)[C@@]5(C)CCC[C@]6(C)c7cc(O)ccc7CC[C@@H]56)[C@@H]3CC4)cc2)C(C)C)Cc2ccccc21. The van der Waals surface area contributed by atoms with Crippen LogP contribution in [0.25, 0.3) is 11.4 Å². The average molecular weight is 1910 g/mol. The van der Waals surface area contributed by atoms with Crippen molar-refractivity contribution in [3.63, 3.8) is 0 Å². The molecule has 0 saturated heterocycles. The number of nitrogens with two attached hydrogens (primary N) is 2. The molecule has 4 aliphatic carbocycles. The summed E-state index contributed by atoms with van der Waals surface area (Å²) in [5.74, 6) is -0.812. The van der Waals surface area contributed by atoms with Gasteiger partial charge < -0.3 is 118 Å². The molecule has 137 heavy (non-hydrogen) atoms. The number of aliphatic hydroxyl groups excluding tert-OH is 6. The van der Waals surface area contributed by atoms with Gasteiger partial charge in [-0.3, -0.25) is 59.1 Å². The lowest BCUT2D eigenvalue weighted by Gasteiger charge is -2.56. The van der Waals surface area contributed by atoms with Gasteiger partial charge in [-0.15, -0.1) is 0 Å². The fraction of sp³-hybridized carbons (Fsp3) is 0.560. The number of fused-ring (bicyclic) bond motifs is 8. The number of phenols is 1. The lowest BCUT2D eigenvalue weighted by molar-refractivity contribution is -0.150. The van der Waals surface area contributed by atoms with Crippen LogP contribution in [-0.4, -0.2) is 242 Å². The number of ether oxygens (including phenoxy) is 5. The Kier molecular flexibility index (Phi) is 39.9. The summed E-state index contributed by atoms with van der Waals surface area (Å²) in [7, 11) is 1.80. The number of amides is 11. The van der Waals surface area contributed by atoms with E-state index >= 15 is 0 Å². The number of benzene rings is 5. The lowest BCUT2D eigenvalue weighted by atomic mass is 9.49. The summed E-state index contributed by atoms with van der Waals surface area (Å²) in [6.45, 7) is 10.6. The van der Waals surface area contributed by atoms with E-state index in [2.05, 4.69) is 67.1 Å². The first-order chi connectivity index (χ1) is 65.5. The molecule has 2 fully saturated rings. The number of aromatic hydroxyl groups is 1. The molecule has 5 aromatic rings. The Morgan fingerprint density at radius 2 is 1.13 bits per heavy atom. The molecule has 0 radical (unpaired) electrons. The van der Waals surface area contributed by atoms with Gasteiger partial charge in [0.25, 0.3) is 0 Å². The molecule has 1 aliphatic heterocycles. The summed E-state index contributed by atoms with van der Waals surface area (Å²) in [6.07, 6.45) is -2.86. The minimum Gasteiger partial charge on any atom is -0.508 e. The van der Waals surface area contributed by atoms with E-state index in [0.717, 1.165) is 84.0 Å². The van der Waals surface area contributed by atoms with E-state index in [4.69, 9.17) is 35.3 Å². The minimum absolute atomic E-state index is 0.0300. The normalized spacial score (nSPS) is 21.5. The summed E-state index contributed by atoms with van der Waals surface area (Å²) in [4.78, 5) is 167. The highest BCUT2D eigenvalue weighted by molar-refractivity contribution is 6.04. The van der Waals surface area contributed by atoms with Crippen LogP contribution in [0, 0.1) is 34.5 Å². The summed E-state index contributed by atoms with van der Waals surface area (Å²) in [6, 6.07) is 27.7. The number of phenolic OH excluding ortho intramolecular Hbond substituents is 1. The van der Waals surface area contributed by atoms with Gasteiger partial charge in [0.1, 0.15) is 42.8 Å². The molecule has 0 bridgehead atoms. The van der Waals surface area contributed by atoms with Gasteiger partial charge in [-0.05, 0) is 168 Å². The third-order valence-corrected chi connectivity index (χ3v) is 27.9. The first kappa shape index (κ1) is 108. The predicted molar refractivity (Wildman–Crippen MR) is 507 cm³/mol. The highest BCUT2D eigenvalue weighted by Crippen LogP contribution is 2.60. The van der Waals surface area contributed by atoms with Crippen molar-refractivity contribution in [1.29, 1.82) is 0 Å². The van der Waals surface area contributed by atoms with Crippen molar-refractivity contribution in [3.8, 4) is 5.75 Å². The van der Waals surface area contributed by atoms with Crippen LogP contribution in [0.1, 0.15) is 194 Å². The minimum atomic E-state index is -2.00. The molecular weight excluding hydrogens is 1770 g/mol. The van der Waals surface area contributed by atoms with E-state index in [9.17, 15) is 93.3 Å². The molecule has 1 heterocycles. The summed E-state index contributed by atoms with van der Waals surface area (Å²) < 4.78 is 27.9. The molecule has 21 N–H and O–H groups in total. The number of hydrogen-bond acceptors (Lipinski definition) is 27. The Morgan fingerprint density at radius 1 is 0.547 bits per heavy atom. The third kappa shape index (κ3) is 28.2. The molecule has 11 amide bonds. The van der Waals surface area contributed by atoms with E-state index in [1.54, 1.807) is 44.0 Å². The zero-order valence-electron chi connectivity index (χ0n) is 79.5. The number of urea groups is 1. The number of aliphatic hydroxyl groups is 6. The van der Waals surface area contributed by atoms with Crippen LogP contribution >= 0.6 is 0 Å². The standard InChI is InChI=1S/C100H139N13O24/c1-60(2)86(110-92(128)73(30-33-83(122)106-55-78(119)89(125)90(126)79(120)58-115)108-84(123)36-43-133-45-47-135-49-50-136-48-46-134-44-42-104-82(121)34-35-85(124)113-56-66-15-8-9-17-69(66)87(103-7)88(112-102)70-18-10-11-19-75(70)113)77(118)53-65(16-12-41-105-95(101)131)91(127)107-67-27-21-61(22-28-67)59-137-96(132)109-74(57-114)76(117)52-62-20-23-63-25-31-80-97(3,71(63)51-62)37-13-39-99(80,5)93(129)111-94(130)100(6)40-14-38-98(4)72-54-68(116)29-24-64(72)26-32-81(98)100/h8-11,15,17-24,27-29,51,54,60,65,73-74,78-81,86,89-90,103,112,114-116,119-120,125-126H,12-14,16,25-26,30-50,52-53,55-59,102H2,1-7H3,(H,104,121)(H,106,122)(H,107,127)(H,108,123)(H,109,132)(H,110,128)(H3,101,105,131)(H,111,129,130)/b88-87-/t65-,73-,74+,78+,79-,80-,81-,86+,89-,90-,97-,98-,99+,100+/m1/s1. The van der Waals surface area contributed by atoms with Crippen molar-refractivity contribution in [1.82, 2.24) is 48.0 Å². The van der Waals surface area contributed by atoms with Gasteiger partial charge in [0.15, 0.2) is 11.6 Å². The number of carbonyl (C=O) groups is 12. The molecule has 5 aliphatic rings. The summed E-state index contributed by atoms with van der Waals surface area (Å²) in [5, 5.41) is 95.3. The fourth-order valence-corrected chi connectivity index (χ4v) is 20.4. The Balaban J connectivity index is 0.655. The molecule has 748 valence electrons. The number of ketones is 2. The molecule has 10 rings (SSSR count). The number of para-hydroxylation sites is 1. The van der Waals surface area contributed by atoms with E-state index in [0.29, 0.717) is 41.8 Å². The molecule has 37 heteroatoms. The highest BCUT2D eigenvalue weighted by atomic mass is 16.6. The van der Waals surface area contributed by atoms with Crippen molar-refractivity contribution < 1.29 is 117 Å². The third-order valence-electron chi connectivity index (χ3n) is 27.9. The number of nitrogens with zero attached hydrogens (tertiary/aromatic N) is 1. The van der Waals surface area contributed by atoms with Crippen LogP contribution in [0.15, 0.2) is 109 Å². The Morgan fingerprint density at radius 3 is 1.74 bits per heavy atom. The van der Waals surface area contributed by atoms with Crippen molar-refractivity contribution in [3.05, 3.63) is 159 Å². The Bertz CT molecular complexity index is 5060. The number of Topliss-reactive ketones (excluding diaryl/α,β-unsaturated/α-hetero) is 2. The summed E-state index contributed by atoms with van der Waals surface area (Å²) in [5.41, 5.74) is 15.9. The number of hydrazine groups is 1. The van der Waals surface area contributed by atoms with Crippen LogP contribution in [0.5, 0.6) is 5.75 Å². The summed E-state index contributed by atoms with van der Waals surface area (Å²) >= 11 is 0. The molecule has 0 aromatic heterocycles. The van der Waals surface area contributed by atoms with Crippen LogP contribution in [-0.2, 0) is 115 Å². The molecule has 37 nitrogen and oxygen atoms in total. The molecule has 0 spiro atoms. The van der Waals surface area contributed by atoms with E-state index in [1.807, 2.05) is 92.7 Å². The average Bonchev–Trinajstić information content (AvgIpc) is 0.717. The highest BCUT2D eigenvalue weighted by Gasteiger charge is 2.59. The second kappa shape index (κ2) is 50.8. The van der Waals surface area contributed by atoms with Gasteiger partial charge in [-0.2, -0.15) is 0 Å². The maximum atomic E-state index is 14.9. The topological polar surface area (TPSA) is 568 Å². The number of rotatable bonds is 51. The van der Waals surface area contributed by atoms with Gasteiger partial charge in [0.2, 0.25) is 47.3 Å². The van der Waals surface area contributed by atoms with E-state index < -0.39 is 151 Å². The second-order valence-electron chi connectivity index (χ2n) is 37.6. The van der Waals surface area contributed by atoms with Crippen LogP contribution < -0.4 is 69.8 Å². The van der Waals surface area contributed by atoms with Gasteiger partial charge >= 0.3 is 12.1 Å². The smallest absolute Gasteiger partial charge is 0.408 e. The van der Waals surface area contributed by atoms with Crippen molar-refractivity contribution in [2.75, 3.05) is 103 Å². The molecule has 2 saturated carbocycles. The lowest BCUT2D eigenvalue weighted by Crippen LogP contribution is -2.60. The Labute approximate surface area is 798 Å². The number of nitrogens with one attached hydrogen (secondary N) is 10. The monoisotopic (exact) mass is 1910 g/mol. The van der Waals surface area contributed by atoms with Crippen LogP contribution in [0.4, 0.5) is 21.0 Å². The van der Waals surface area contributed by atoms with Gasteiger partial charge in [0, 0.05) is 87.9 Å². The number of hydrogen-bond donors (Lipinski definition) is 19. The largest absolute Gasteiger partial charge is 0.508 e. The maximum Gasteiger partial charge on any atom is 0.408 e. The molecule has 5 aromatic carbocycles. The number of anilines is 2. The zero-order chi connectivity index (χ0) is 99.3. The number of primary amides is 1. The number of imide groups is 1. The first-order valence-corrected chi connectivity index (χ1v) is 47.5. The number of alkyl carbamates (subject to hydrolysis) is 1. The van der Waals surface area contributed by atoms with Crippen LogP contribution in [0.3, 0.4) is 0 Å². The first-order valence-electron chi connectivity index (χ1n) is 47.5. The Hall–Kier alpha value is -11.4. The fourth-order valence-electron chi connectivity index (χ4n) is 20.4. The van der Waals surface area contributed by atoms with E-state index in [1.165, 1.54) is 17.7 Å².